The lowest BCUT2D eigenvalue weighted by Crippen LogP contribution is -2.25. The van der Waals surface area contributed by atoms with Gasteiger partial charge in [-0.25, -0.2) is 4.98 Å². The molecule has 0 saturated heterocycles. The number of aromatic nitrogens is 1. The fourth-order valence-electron chi connectivity index (χ4n) is 10.0. The molecule has 0 N–H and O–H groups in total. The molecule has 68 heavy (non-hydrogen) atoms. The quantitative estimate of drug-likeness (QED) is 0.159. The Morgan fingerprint density at radius 1 is 0.412 bits per heavy atom. The molecule has 5 nitrogen and oxygen atoms in total. The zero-order chi connectivity index (χ0) is 46.7. The largest absolute Gasteiger partial charge is 0.321 e. The van der Waals surface area contributed by atoms with Gasteiger partial charge in [0.1, 0.15) is 12.5 Å². The van der Waals surface area contributed by atoms with Crippen molar-refractivity contribution in [2.45, 2.75) is 59.3 Å². The SMILES string of the molecule is Cc1cc(N2c3ccccc3-c3ccccc3-c3ccc(N(c4ccccc4)c4cc(N5CN(c6ccc(C(C)(C)C)cc6)c6ccccc65)cc(C(C)(C)C)c4)cc32)ncc1-c1ccccc1. The van der Waals surface area contributed by atoms with Gasteiger partial charge in [-0.05, 0) is 130 Å². The summed E-state index contributed by atoms with van der Waals surface area (Å²) in [6.07, 6.45) is 2.04. The molecule has 1 aromatic heterocycles. The van der Waals surface area contributed by atoms with Crippen molar-refractivity contribution in [1.82, 2.24) is 4.98 Å². The van der Waals surface area contributed by atoms with Gasteiger partial charge in [0.25, 0.3) is 0 Å². The van der Waals surface area contributed by atoms with E-state index in [4.69, 9.17) is 4.98 Å². The maximum absolute atomic E-state index is 5.29. The molecule has 11 rings (SSSR count). The van der Waals surface area contributed by atoms with E-state index in [0.717, 1.165) is 56.6 Å². The number of hydrogen-bond donors (Lipinski definition) is 0. The van der Waals surface area contributed by atoms with E-state index >= 15 is 0 Å². The molecule has 5 heteroatoms. The first kappa shape index (κ1) is 42.7. The van der Waals surface area contributed by atoms with Gasteiger partial charge in [0.05, 0.1) is 22.7 Å². The molecular formula is C63H57N5. The van der Waals surface area contributed by atoms with Gasteiger partial charge >= 0.3 is 0 Å². The molecule has 2 aliphatic heterocycles. The Balaban J connectivity index is 1.09. The standard InChI is InChI=1S/C63H57N5/c1-43-36-61(64-41-56(43)44-20-10-8-11-21-44)68-57-27-17-16-26-54(57)52-24-14-15-25-53(52)55-35-34-49(40-60(55)68)67(48-22-12-9-13-23-48)51-38-46(63(5,6)7)37-50(39-51)66-42-65(58-28-18-19-29-59(58)66)47-32-30-45(31-33-47)62(2,3)4/h8-41H,42H2,1-7H3. The topological polar surface area (TPSA) is 25.9 Å². The molecule has 9 aromatic rings. The van der Waals surface area contributed by atoms with Crippen LogP contribution in [-0.4, -0.2) is 11.7 Å². The van der Waals surface area contributed by atoms with Crippen LogP contribution in [0.5, 0.6) is 0 Å². The number of aryl methyl sites for hydroxylation is 1. The van der Waals surface area contributed by atoms with Crippen LogP contribution in [0.4, 0.5) is 57.0 Å². The average molecular weight is 884 g/mol. The minimum atomic E-state index is -0.137. The second-order valence-electron chi connectivity index (χ2n) is 20.3. The highest BCUT2D eigenvalue weighted by Crippen LogP contribution is 2.53. The van der Waals surface area contributed by atoms with E-state index in [9.17, 15) is 0 Å². The maximum Gasteiger partial charge on any atom is 0.137 e. The smallest absolute Gasteiger partial charge is 0.137 e. The zero-order valence-corrected chi connectivity index (χ0v) is 40.1. The number of benzene rings is 8. The number of nitrogens with zero attached hydrogens (tertiary/aromatic N) is 5. The lowest BCUT2D eigenvalue weighted by molar-refractivity contribution is 0.590. The number of pyridine rings is 1. The Morgan fingerprint density at radius 3 is 1.60 bits per heavy atom. The minimum absolute atomic E-state index is 0.0799. The molecule has 8 aromatic carbocycles. The Hall–Kier alpha value is -7.89. The van der Waals surface area contributed by atoms with Gasteiger partial charge in [-0.1, -0.05) is 163 Å². The minimum Gasteiger partial charge on any atom is -0.321 e. The van der Waals surface area contributed by atoms with E-state index in [2.05, 4.69) is 268 Å². The van der Waals surface area contributed by atoms with Crippen LogP contribution in [0.25, 0.3) is 33.4 Å². The van der Waals surface area contributed by atoms with Gasteiger partial charge in [0, 0.05) is 51.3 Å². The van der Waals surface area contributed by atoms with Gasteiger partial charge in [0.15, 0.2) is 0 Å². The van der Waals surface area contributed by atoms with E-state index in [1.807, 2.05) is 6.20 Å². The van der Waals surface area contributed by atoms with Crippen LogP contribution in [0.1, 0.15) is 58.2 Å². The van der Waals surface area contributed by atoms with Gasteiger partial charge in [-0.3, -0.25) is 4.90 Å². The van der Waals surface area contributed by atoms with Gasteiger partial charge in [-0.15, -0.1) is 0 Å². The molecule has 0 aliphatic carbocycles. The Kier molecular flexibility index (Phi) is 10.5. The zero-order valence-electron chi connectivity index (χ0n) is 40.1. The lowest BCUT2D eigenvalue weighted by Gasteiger charge is -2.32. The van der Waals surface area contributed by atoms with E-state index in [1.165, 1.54) is 50.4 Å². The number of rotatable bonds is 7. The number of para-hydroxylation sites is 4. The predicted octanol–water partition coefficient (Wildman–Crippen LogP) is 17.5. The summed E-state index contributed by atoms with van der Waals surface area (Å²) in [5.41, 5.74) is 20.8. The van der Waals surface area contributed by atoms with Gasteiger partial charge in [0.2, 0.25) is 0 Å². The van der Waals surface area contributed by atoms with Gasteiger partial charge in [-0.2, -0.15) is 0 Å². The molecule has 0 bridgehead atoms. The molecular weight excluding hydrogens is 827 g/mol. The third kappa shape index (κ3) is 7.68. The summed E-state index contributed by atoms with van der Waals surface area (Å²) in [5, 5.41) is 0. The number of anilines is 10. The molecule has 0 spiro atoms. The van der Waals surface area contributed by atoms with Crippen LogP contribution in [-0.2, 0) is 10.8 Å². The summed E-state index contributed by atoms with van der Waals surface area (Å²) >= 11 is 0. The second-order valence-corrected chi connectivity index (χ2v) is 20.3. The van der Waals surface area contributed by atoms with E-state index in [0.29, 0.717) is 6.67 Å². The Morgan fingerprint density at radius 2 is 0.971 bits per heavy atom. The Bertz CT molecular complexity index is 3310. The van der Waals surface area contributed by atoms with Crippen molar-refractivity contribution < 1.29 is 0 Å². The van der Waals surface area contributed by atoms with Crippen LogP contribution >= 0.6 is 0 Å². The highest BCUT2D eigenvalue weighted by atomic mass is 15.4. The van der Waals surface area contributed by atoms with Crippen LogP contribution in [0, 0.1) is 6.92 Å². The molecule has 0 atom stereocenters. The lowest BCUT2D eigenvalue weighted by atomic mass is 9.86. The van der Waals surface area contributed by atoms with Crippen molar-refractivity contribution in [3.8, 4) is 33.4 Å². The summed E-state index contributed by atoms with van der Waals surface area (Å²) in [4.78, 5) is 15.0. The van der Waals surface area contributed by atoms with Crippen LogP contribution < -0.4 is 19.6 Å². The number of hydrogen-bond acceptors (Lipinski definition) is 5. The van der Waals surface area contributed by atoms with Crippen LogP contribution in [0.15, 0.2) is 206 Å². The summed E-state index contributed by atoms with van der Waals surface area (Å²) in [6, 6.07) is 73.3. The maximum atomic E-state index is 5.29. The normalized spacial score (nSPS) is 13.1. The van der Waals surface area contributed by atoms with E-state index in [1.54, 1.807) is 0 Å². The monoisotopic (exact) mass is 883 g/mol. The first-order chi connectivity index (χ1) is 32.9. The summed E-state index contributed by atoms with van der Waals surface area (Å²) in [6.45, 7) is 16.7. The second kappa shape index (κ2) is 16.8. The van der Waals surface area contributed by atoms with Gasteiger partial charge < -0.3 is 14.7 Å². The molecule has 0 fully saturated rings. The van der Waals surface area contributed by atoms with Crippen molar-refractivity contribution in [2.24, 2.45) is 0 Å². The molecule has 3 heterocycles. The fraction of sp³-hybridized carbons (Fsp3) is 0.159. The van der Waals surface area contributed by atoms with E-state index in [-0.39, 0.29) is 10.8 Å². The molecule has 334 valence electrons. The van der Waals surface area contributed by atoms with Crippen molar-refractivity contribution in [2.75, 3.05) is 26.3 Å². The number of fused-ring (bicyclic) bond motifs is 6. The molecule has 0 saturated carbocycles. The first-order valence-electron chi connectivity index (χ1n) is 23.8. The van der Waals surface area contributed by atoms with Crippen molar-refractivity contribution >= 4 is 57.0 Å². The highest BCUT2D eigenvalue weighted by Gasteiger charge is 2.32. The molecule has 0 unspecified atom stereocenters. The van der Waals surface area contributed by atoms with Crippen molar-refractivity contribution in [3.63, 3.8) is 0 Å². The average Bonchev–Trinajstić information content (AvgIpc) is 3.69. The molecule has 0 amide bonds. The predicted molar refractivity (Wildman–Crippen MR) is 288 cm³/mol. The molecule has 0 radical (unpaired) electrons. The Labute approximate surface area is 402 Å². The summed E-state index contributed by atoms with van der Waals surface area (Å²) < 4.78 is 0. The fourth-order valence-corrected chi connectivity index (χ4v) is 10.0. The third-order valence-electron chi connectivity index (χ3n) is 13.7. The van der Waals surface area contributed by atoms with Crippen molar-refractivity contribution in [1.29, 1.82) is 0 Å². The van der Waals surface area contributed by atoms with Crippen LogP contribution in [0.3, 0.4) is 0 Å². The third-order valence-corrected chi connectivity index (χ3v) is 13.7. The molecule has 2 aliphatic rings. The summed E-state index contributed by atoms with van der Waals surface area (Å²) in [5.74, 6) is 0.870. The van der Waals surface area contributed by atoms with Crippen LogP contribution in [0.2, 0.25) is 0 Å². The first-order valence-corrected chi connectivity index (χ1v) is 23.8. The summed E-state index contributed by atoms with van der Waals surface area (Å²) in [7, 11) is 0. The van der Waals surface area contributed by atoms with E-state index < -0.39 is 0 Å². The highest BCUT2D eigenvalue weighted by molar-refractivity contribution is 6.03. The van der Waals surface area contributed by atoms with Crippen molar-refractivity contribution in [3.05, 3.63) is 223 Å².